The van der Waals surface area contributed by atoms with Crippen molar-refractivity contribution in [1.82, 2.24) is 0 Å². The zero-order valence-electron chi connectivity index (χ0n) is 18.4. The molecule has 6 heteroatoms. The van der Waals surface area contributed by atoms with Gasteiger partial charge in [-0.3, -0.25) is 0 Å². The minimum absolute atomic E-state index is 0.0636. The fraction of sp³-hybridized carbons (Fsp3) is 1.00. The Hall–Kier alpha value is -0.240. The number of ether oxygens (including phenoxy) is 4. The quantitative estimate of drug-likeness (QED) is 0.712. The van der Waals surface area contributed by atoms with Gasteiger partial charge in [-0.1, -0.05) is 6.92 Å². The zero-order valence-corrected chi connectivity index (χ0v) is 18.4. The lowest BCUT2D eigenvalue weighted by Crippen LogP contribution is -2.67. The van der Waals surface area contributed by atoms with Gasteiger partial charge in [0.2, 0.25) is 0 Å². The van der Waals surface area contributed by atoms with Crippen LogP contribution in [-0.2, 0) is 18.9 Å². The van der Waals surface area contributed by atoms with E-state index in [9.17, 15) is 10.2 Å². The van der Waals surface area contributed by atoms with Crippen LogP contribution in [0.25, 0.3) is 0 Å². The highest BCUT2D eigenvalue weighted by atomic mass is 16.7. The summed E-state index contributed by atoms with van der Waals surface area (Å²) in [5.74, 6) is 0.596. The van der Waals surface area contributed by atoms with Gasteiger partial charge in [-0.2, -0.15) is 0 Å². The van der Waals surface area contributed by atoms with Gasteiger partial charge in [0.05, 0.1) is 32.0 Å². The van der Waals surface area contributed by atoms with Gasteiger partial charge < -0.3 is 29.2 Å². The molecule has 4 aliphatic carbocycles. The van der Waals surface area contributed by atoms with Crippen molar-refractivity contribution in [2.24, 2.45) is 28.6 Å². The highest BCUT2D eigenvalue weighted by molar-refractivity contribution is 5.18. The number of aliphatic hydroxyl groups excluding tert-OH is 1. The van der Waals surface area contributed by atoms with Crippen LogP contribution in [0.1, 0.15) is 71.1 Å². The maximum absolute atomic E-state index is 12.1. The lowest BCUT2D eigenvalue weighted by Gasteiger charge is -2.66. The molecular formula is C24H38O6. The van der Waals surface area contributed by atoms with Crippen molar-refractivity contribution in [3.63, 3.8) is 0 Å². The van der Waals surface area contributed by atoms with Gasteiger partial charge >= 0.3 is 0 Å². The van der Waals surface area contributed by atoms with Crippen LogP contribution in [0.5, 0.6) is 0 Å². The van der Waals surface area contributed by atoms with Crippen molar-refractivity contribution >= 4 is 0 Å². The summed E-state index contributed by atoms with van der Waals surface area (Å²) >= 11 is 0. The van der Waals surface area contributed by atoms with E-state index in [-0.39, 0.29) is 23.2 Å². The minimum atomic E-state index is -0.816. The van der Waals surface area contributed by atoms with E-state index < -0.39 is 11.4 Å². The lowest BCUT2D eigenvalue weighted by molar-refractivity contribution is -0.301. The number of hydrogen-bond donors (Lipinski definition) is 2. The molecule has 0 radical (unpaired) electrons. The SMILES string of the molecule is C[C@]12CC[C@H]3[C@@H](CC[C@@]4(O)CC5(CC[C@]34CCO)OCCO5)[C@@H]1CCC21OCCO1. The Balaban J connectivity index is 1.34. The number of hydrogen-bond acceptors (Lipinski definition) is 6. The van der Waals surface area contributed by atoms with Crippen molar-refractivity contribution in [2.45, 2.75) is 88.3 Å². The summed E-state index contributed by atoms with van der Waals surface area (Å²) < 4.78 is 24.6. The molecule has 2 aliphatic heterocycles. The Kier molecular flexibility index (Phi) is 4.51. The molecule has 0 bridgehead atoms. The largest absolute Gasteiger partial charge is 0.396 e. The third-order valence-electron chi connectivity index (χ3n) is 10.6. The normalized spacial score (nSPS) is 51.1. The van der Waals surface area contributed by atoms with E-state index >= 15 is 0 Å². The molecule has 6 aliphatic rings. The summed E-state index contributed by atoms with van der Waals surface area (Å²) in [7, 11) is 0. The Morgan fingerprint density at radius 1 is 0.800 bits per heavy atom. The standard InChI is InChI=1S/C24H38O6/c1-20-5-3-19-17(18(20)4-7-24(20)29-14-15-30-24)2-6-22(26)16-23(27-12-13-28-23)9-8-21(19,22)10-11-25/h17-19,25-26H,2-16H2,1H3/t17-,18-,19-,20-,21-,22+/m0/s1. The second-order valence-electron chi connectivity index (χ2n) is 11.3. The monoisotopic (exact) mass is 422 g/mol. The molecule has 0 aromatic heterocycles. The fourth-order valence-electron chi connectivity index (χ4n) is 9.38. The number of fused-ring (bicyclic) bond motifs is 6. The summed E-state index contributed by atoms with van der Waals surface area (Å²) in [5, 5.41) is 22.2. The van der Waals surface area contributed by atoms with Crippen LogP contribution in [0, 0.1) is 28.6 Å². The van der Waals surface area contributed by atoms with E-state index in [0.29, 0.717) is 57.0 Å². The molecule has 6 nitrogen and oxygen atoms in total. The van der Waals surface area contributed by atoms with Gasteiger partial charge in [0.1, 0.15) is 0 Å². The minimum Gasteiger partial charge on any atom is -0.396 e. The van der Waals surface area contributed by atoms with Gasteiger partial charge in [0.15, 0.2) is 11.6 Å². The van der Waals surface area contributed by atoms with E-state index in [4.69, 9.17) is 18.9 Å². The molecule has 4 saturated carbocycles. The van der Waals surface area contributed by atoms with Crippen LogP contribution in [0.2, 0.25) is 0 Å². The smallest absolute Gasteiger partial charge is 0.174 e. The van der Waals surface area contributed by atoms with E-state index in [0.717, 1.165) is 51.4 Å². The molecular weight excluding hydrogens is 384 g/mol. The Morgan fingerprint density at radius 3 is 2.23 bits per heavy atom. The molecule has 0 aromatic carbocycles. The molecule has 0 aromatic rings. The van der Waals surface area contributed by atoms with Gasteiger partial charge in [-0.15, -0.1) is 0 Å². The second kappa shape index (κ2) is 6.64. The Morgan fingerprint density at radius 2 is 1.50 bits per heavy atom. The van der Waals surface area contributed by atoms with E-state index in [1.54, 1.807) is 0 Å². The molecule has 6 atom stereocenters. The molecule has 2 spiro atoms. The maximum atomic E-state index is 12.1. The molecule has 6 rings (SSSR count). The van der Waals surface area contributed by atoms with Crippen LogP contribution in [0.3, 0.4) is 0 Å². The predicted octanol–water partition coefficient (Wildman–Crippen LogP) is 2.99. The average Bonchev–Trinajstić information content (AvgIpc) is 3.45. The Bertz CT molecular complexity index is 685. The molecule has 2 N–H and O–H groups in total. The van der Waals surface area contributed by atoms with Crippen LogP contribution in [0.4, 0.5) is 0 Å². The molecule has 0 unspecified atom stereocenters. The van der Waals surface area contributed by atoms with Gasteiger partial charge in [-0.25, -0.2) is 0 Å². The summed E-state index contributed by atoms with van der Waals surface area (Å²) in [6.45, 7) is 5.22. The van der Waals surface area contributed by atoms with E-state index in [1.165, 1.54) is 0 Å². The van der Waals surface area contributed by atoms with Gasteiger partial charge in [-0.05, 0) is 62.7 Å². The summed E-state index contributed by atoms with van der Waals surface area (Å²) in [4.78, 5) is 0. The van der Waals surface area contributed by atoms with Crippen LogP contribution >= 0.6 is 0 Å². The average molecular weight is 423 g/mol. The number of rotatable bonds is 2. The fourth-order valence-corrected chi connectivity index (χ4v) is 9.38. The molecule has 170 valence electrons. The van der Waals surface area contributed by atoms with Crippen molar-refractivity contribution in [3.8, 4) is 0 Å². The third-order valence-corrected chi connectivity index (χ3v) is 10.6. The molecule has 6 fully saturated rings. The first-order valence-electron chi connectivity index (χ1n) is 12.3. The topological polar surface area (TPSA) is 77.4 Å². The van der Waals surface area contributed by atoms with Gasteiger partial charge in [0.25, 0.3) is 0 Å². The first kappa shape index (κ1) is 20.4. The first-order chi connectivity index (χ1) is 14.4. The third kappa shape index (κ3) is 2.41. The highest BCUT2D eigenvalue weighted by Crippen LogP contribution is 2.71. The van der Waals surface area contributed by atoms with Crippen molar-refractivity contribution in [2.75, 3.05) is 33.0 Å². The molecule has 2 heterocycles. The van der Waals surface area contributed by atoms with E-state index in [1.807, 2.05) is 0 Å². The highest BCUT2D eigenvalue weighted by Gasteiger charge is 2.71. The van der Waals surface area contributed by atoms with Crippen molar-refractivity contribution < 1.29 is 29.2 Å². The molecule has 0 amide bonds. The van der Waals surface area contributed by atoms with E-state index in [2.05, 4.69) is 6.92 Å². The second-order valence-corrected chi connectivity index (χ2v) is 11.3. The van der Waals surface area contributed by atoms with Crippen LogP contribution < -0.4 is 0 Å². The van der Waals surface area contributed by atoms with Gasteiger partial charge in [0, 0.05) is 36.7 Å². The van der Waals surface area contributed by atoms with Crippen molar-refractivity contribution in [3.05, 3.63) is 0 Å². The Labute approximate surface area is 179 Å². The summed E-state index contributed by atoms with van der Waals surface area (Å²) in [6, 6.07) is 0. The van der Waals surface area contributed by atoms with Crippen LogP contribution in [-0.4, -0.2) is 60.4 Å². The summed E-state index contributed by atoms with van der Waals surface area (Å²) in [6.07, 6.45) is 9.10. The molecule has 30 heavy (non-hydrogen) atoms. The predicted molar refractivity (Wildman–Crippen MR) is 108 cm³/mol. The maximum Gasteiger partial charge on any atom is 0.174 e. The first-order valence-corrected chi connectivity index (χ1v) is 12.3. The van der Waals surface area contributed by atoms with Crippen molar-refractivity contribution in [1.29, 1.82) is 0 Å². The molecule has 2 saturated heterocycles. The van der Waals surface area contributed by atoms with Crippen LogP contribution in [0.15, 0.2) is 0 Å². The zero-order chi connectivity index (χ0) is 20.7. The summed E-state index contributed by atoms with van der Waals surface area (Å²) in [5.41, 5.74) is -0.988. The lowest BCUT2D eigenvalue weighted by atomic mass is 9.42. The number of aliphatic hydroxyl groups is 2.